The van der Waals surface area contributed by atoms with Gasteiger partial charge in [0.25, 0.3) is 0 Å². The summed E-state index contributed by atoms with van der Waals surface area (Å²) in [7, 11) is 1.54. The van der Waals surface area contributed by atoms with Crippen molar-refractivity contribution in [2.75, 3.05) is 13.7 Å². The van der Waals surface area contributed by atoms with Gasteiger partial charge in [-0.05, 0) is 6.08 Å². The molecule has 4 heteroatoms. The van der Waals surface area contributed by atoms with Crippen LogP contribution in [0.3, 0.4) is 0 Å². The molecule has 10 heavy (non-hydrogen) atoms. The zero-order valence-electron chi connectivity index (χ0n) is 5.54. The fourth-order valence-electron chi connectivity index (χ4n) is 0.708. The van der Waals surface area contributed by atoms with E-state index in [1.54, 1.807) is 6.08 Å². The van der Waals surface area contributed by atoms with Gasteiger partial charge in [0.05, 0.1) is 12.1 Å². The number of allylic oxidation sites excluding steroid dienone is 2. The molecule has 1 heterocycles. The number of nitrogens with zero attached hydrogens (tertiary/aromatic N) is 1. The molecule has 0 saturated heterocycles. The lowest BCUT2D eigenvalue weighted by molar-refractivity contribution is -0.0432. The molecule has 0 spiro atoms. The number of rotatable bonds is 1. The van der Waals surface area contributed by atoms with Gasteiger partial charge in [-0.25, -0.2) is 0 Å². The highest BCUT2D eigenvalue weighted by atomic mass is 35.5. The molecule has 56 valence electrons. The van der Waals surface area contributed by atoms with Crippen molar-refractivity contribution in [3.63, 3.8) is 0 Å². The summed E-state index contributed by atoms with van der Waals surface area (Å²) in [4.78, 5) is 0. The smallest absolute Gasteiger partial charge is 0.119 e. The molecular formula is C6H8ClNO2. The van der Waals surface area contributed by atoms with E-state index in [0.29, 0.717) is 17.3 Å². The van der Waals surface area contributed by atoms with E-state index < -0.39 is 0 Å². The molecule has 0 radical (unpaired) electrons. The molecule has 0 unspecified atom stereocenters. The Hall–Kier alpha value is -0.670. The fraction of sp³-hybridized carbons (Fsp3) is 0.333. The molecule has 0 aliphatic carbocycles. The number of halogens is 1. The average molecular weight is 162 g/mol. The first-order valence-corrected chi connectivity index (χ1v) is 3.17. The first-order valence-electron chi connectivity index (χ1n) is 2.80. The van der Waals surface area contributed by atoms with Crippen LogP contribution in [-0.4, -0.2) is 23.9 Å². The molecule has 1 aliphatic heterocycles. The van der Waals surface area contributed by atoms with Gasteiger partial charge in [0.1, 0.15) is 12.3 Å². The van der Waals surface area contributed by atoms with Crippen LogP contribution in [0.5, 0.6) is 0 Å². The van der Waals surface area contributed by atoms with E-state index in [0.717, 1.165) is 5.06 Å². The van der Waals surface area contributed by atoms with E-state index in [9.17, 15) is 0 Å². The molecule has 0 saturated carbocycles. The van der Waals surface area contributed by atoms with Gasteiger partial charge in [0, 0.05) is 6.20 Å². The monoisotopic (exact) mass is 161 g/mol. The highest BCUT2D eigenvalue weighted by Crippen LogP contribution is 2.14. The van der Waals surface area contributed by atoms with Crippen LogP contribution < -0.4 is 0 Å². The van der Waals surface area contributed by atoms with Crippen LogP contribution in [0, 0.1) is 0 Å². The van der Waals surface area contributed by atoms with Crippen molar-refractivity contribution >= 4 is 11.6 Å². The van der Waals surface area contributed by atoms with Crippen molar-refractivity contribution in [2.24, 2.45) is 0 Å². The van der Waals surface area contributed by atoms with Gasteiger partial charge in [-0.3, -0.25) is 10.3 Å². The molecule has 0 aromatic carbocycles. The van der Waals surface area contributed by atoms with E-state index in [4.69, 9.17) is 21.5 Å². The second-order valence-electron chi connectivity index (χ2n) is 1.93. The summed E-state index contributed by atoms with van der Waals surface area (Å²) in [6.45, 7) is 0.354. The second-order valence-corrected chi connectivity index (χ2v) is 2.36. The molecule has 0 atom stereocenters. The minimum absolute atomic E-state index is 0.354. The Balaban J connectivity index is 2.70. The van der Waals surface area contributed by atoms with Crippen molar-refractivity contribution in [3.8, 4) is 0 Å². The summed E-state index contributed by atoms with van der Waals surface area (Å²) >= 11 is 5.59. The van der Waals surface area contributed by atoms with Gasteiger partial charge < -0.3 is 4.74 Å². The summed E-state index contributed by atoms with van der Waals surface area (Å²) < 4.78 is 4.87. The number of hydrogen-bond acceptors (Lipinski definition) is 3. The normalized spacial score (nSPS) is 18.1. The van der Waals surface area contributed by atoms with Crippen molar-refractivity contribution in [1.82, 2.24) is 5.06 Å². The number of hydrogen-bond donors (Lipinski definition) is 1. The third-order valence-electron chi connectivity index (χ3n) is 1.15. The van der Waals surface area contributed by atoms with Crippen molar-refractivity contribution in [1.29, 1.82) is 0 Å². The van der Waals surface area contributed by atoms with Crippen molar-refractivity contribution < 1.29 is 9.94 Å². The lowest BCUT2D eigenvalue weighted by Crippen LogP contribution is -2.19. The molecule has 0 bridgehead atoms. The largest absolute Gasteiger partial charge is 0.499 e. The number of ether oxygens (including phenoxy) is 1. The van der Waals surface area contributed by atoms with E-state index in [-0.39, 0.29) is 0 Å². The molecule has 0 aromatic heterocycles. The van der Waals surface area contributed by atoms with E-state index in [1.807, 2.05) is 0 Å². The molecule has 1 rings (SSSR count). The summed E-state index contributed by atoms with van der Waals surface area (Å²) in [5, 5.41) is 10.4. The fourth-order valence-corrected chi connectivity index (χ4v) is 0.942. The lowest BCUT2D eigenvalue weighted by Gasteiger charge is -2.17. The minimum atomic E-state index is 0.354. The van der Waals surface area contributed by atoms with Crippen LogP contribution in [-0.2, 0) is 4.74 Å². The van der Waals surface area contributed by atoms with Crippen LogP contribution in [0.25, 0.3) is 0 Å². The van der Waals surface area contributed by atoms with E-state index in [2.05, 4.69) is 0 Å². The van der Waals surface area contributed by atoms with Gasteiger partial charge in [0.15, 0.2) is 0 Å². The predicted molar refractivity (Wildman–Crippen MR) is 37.5 cm³/mol. The molecule has 0 amide bonds. The Bertz CT molecular complexity index is 188. The number of hydroxylamine groups is 2. The van der Waals surface area contributed by atoms with E-state index in [1.165, 1.54) is 13.3 Å². The first-order chi connectivity index (χ1) is 4.72. The van der Waals surface area contributed by atoms with Crippen LogP contribution in [0.15, 0.2) is 23.1 Å². The summed E-state index contributed by atoms with van der Waals surface area (Å²) in [6.07, 6.45) is 3.08. The first kappa shape index (κ1) is 7.44. The zero-order chi connectivity index (χ0) is 7.56. The maximum atomic E-state index is 8.93. The highest BCUT2D eigenvalue weighted by molar-refractivity contribution is 6.31. The van der Waals surface area contributed by atoms with Crippen molar-refractivity contribution in [3.05, 3.63) is 23.1 Å². The SMILES string of the molecule is COC1=CC(Cl)=CN(O)C1. The maximum absolute atomic E-state index is 8.93. The molecule has 0 fully saturated rings. The Morgan fingerprint density at radius 1 is 1.80 bits per heavy atom. The Morgan fingerprint density at radius 2 is 2.50 bits per heavy atom. The molecular weight excluding hydrogens is 154 g/mol. The maximum Gasteiger partial charge on any atom is 0.119 e. The third kappa shape index (κ3) is 1.65. The van der Waals surface area contributed by atoms with Crippen molar-refractivity contribution in [2.45, 2.75) is 0 Å². The van der Waals surface area contributed by atoms with Gasteiger partial charge in [-0.2, -0.15) is 0 Å². The summed E-state index contributed by atoms with van der Waals surface area (Å²) in [6, 6.07) is 0. The summed E-state index contributed by atoms with van der Waals surface area (Å²) in [5.74, 6) is 0.648. The van der Waals surface area contributed by atoms with Crippen LogP contribution in [0.2, 0.25) is 0 Å². The van der Waals surface area contributed by atoms with Gasteiger partial charge >= 0.3 is 0 Å². The minimum Gasteiger partial charge on any atom is -0.499 e. The molecule has 3 nitrogen and oxygen atoms in total. The van der Waals surface area contributed by atoms with Gasteiger partial charge in [-0.1, -0.05) is 11.6 Å². The quantitative estimate of drug-likeness (QED) is 0.629. The number of methoxy groups -OCH3 is 1. The standard InChI is InChI=1S/C6H8ClNO2/c1-10-6-2-5(7)3-8(9)4-6/h2-3,9H,4H2,1H3. The van der Waals surface area contributed by atoms with Gasteiger partial charge in [0.2, 0.25) is 0 Å². The topological polar surface area (TPSA) is 32.7 Å². The van der Waals surface area contributed by atoms with Crippen LogP contribution >= 0.6 is 11.6 Å². The van der Waals surface area contributed by atoms with Crippen LogP contribution in [0.4, 0.5) is 0 Å². The van der Waals surface area contributed by atoms with E-state index >= 15 is 0 Å². The molecule has 1 aliphatic rings. The molecule has 0 aromatic rings. The predicted octanol–water partition coefficient (Wildman–Crippen LogP) is 1.30. The van der Waals surface area contributed by atoms with Gasteiger partial charge in [-0.15, -0.1) is 0 Å². The second kappa shape index (κ2) is 2.94. The summed E-state index contributed by atoms with van der Waals surface area (Å²) in [5.41, 5.74) is 0. The highest BCUT2D eigenvalue weighted by Gasteiger charge is 2.08. The zero-order valence-corrected chi connectivity index (χ0v) is 6.30. The molecule has 1 N–H and O–H groups in total. The lowest BCUT2D eigenvalue weighted by atomic mass is 10.3. The Morgan fingerprint density at radius 3 is 3.00 bits per heavy atom. The third-order valence-corrected chi connectivity index (χ3v) is 1.36. The average Bonchev–Trinajstić information content (AvgIpc) is 1.85. The Kier molecular flexibility index (Phi) is 2.19. The Labute approximate surface area is 64.1 Å². The van der Waals surface area contributed by atoms with Crippen LogP contribution in [0.1, 0.15) is 0 Å².